The van der Waals surface area contributed by atoms with Gasteiger partial charge in [-0.05, 0) is 44.3 Å². The van der Waals surface area contributed by atoms with Crippen LogP contribution in [0.1, 0.15) is 44.6 Å². The van der Waals surface area contributed by atoms with Gasteiger partial charge in [-0.25, -0.2) is 0 Å². The minimum absolute atomic E-state index is 0.804. The van der Waals surface area contributed by atoms with Gasteiger partial charge in [0.2, 0.25) is 0 Å². The second-order valence-electron chi connectivity index (χ2n) is 6.11. The van der Waals surface area contributed by atoms with Crippen LogP contribution in [-0.2, 0) is 6.54 Å². The van der Waals surface area contributed by atoms with Gasteiger partial charge < -0.3 is 10.5 Å². The quantitative estimate of drug-likeness (QED) is 0.797. The minimum Gasteiger partial charge on any atom is -0.492 e. The third-order valence-corrected chi connectivity index (χ3v) is 4.39. The highest BCUT2D eigenvalue weighted by atomic mass is 16.5. The van der Waals surface area contributed by atoms with Crippen molar-refractivity contribution in [2.75, 3.05) is 26.2 Å². The Hall–Kier alpha value is -1.06. The van der Waals surface area contributed by atoms with Gasteiger partial charge in [0.15, 0.2) is 0 Å². The molecular formula is C18H30N2O. The zero-order valence-electron chi connectivity index (χ0n) is 13.4. The average Bonchev–Trinajstić information content (AvgIpc) is 2.69. The Morgan fingerprint density at radius 3 is 2.90 bits per heavy atom. The number of rotatable bonds is 8. The molecule has 0 aliphatic carbocycles. The summed E-state index contributed by atoms with van der Waals surface area (Å²) in [6.07, 6.45) is 6.36. The van der Waals surface area contributed by atoms with Crippen molar-refractivity contribution < 1.29 is 4.74 Å². The molecule has 0 aromatic heterocycles. The fraction of sp³-hybridized carbons (Fsp3) is 0.667. The van der Waals surface area contributed by atoms with E-state index in [4.69, 9.17) is 10.5 Å². The molecule has 1 aromatic carbocycles. The molecule has 0 saturated heterocycles. The van der Waals surface area contributed by atoms with Gasteiger partial charge in [-0.2, -0.15) is 0 Å². The van der Waals surface area contributed by atoms with Crippen molar-refractivity contribution in [1.82, 2.24) is 4.90 Å². The van der Waals surface area contributed by atoms with Crippen molar-refractivity contribution in [3.05, 3.63) is 29.8 Å². The van der Waals surface area contributed by atoms with Crippen LogP contribution in [-0.4, -0.2) is 31.1 Å². The molecule has 118 valence electrons. The summed E-state index contributed by atoms with van der Waals surface area (Å²) in [6, 6.07) is 8.42. The Kier molecular flexibility index (Phi) is 7.04. The first-order chi connectivity index (χ1) is 10.3. The maximum atomic E-state index is 5.83. The summed E-state index contributed by atoms with van der Waals surface area (Å²) in [5, 5.41) is 0. The first-order valence-electron chi connectivity index (χ1n) is 8.46. The Balaban J connectivity index is 1.78. The van der Waals surface area contributed by atoms with Gasteiger partial charge in [0.05, 0.1) is 0 Å². The molecule has 1 aliphatic heterocycles. The summed E-state index contributed by atoms with van der Waals surface area (Å²) in [7, 11) is 0. The molecule has 3 heteroatoms. The molecule has 0 amide bonds. The number of benzene rings is 1. The molecule has 0 fully saturated rings. The van der Waals surface area contributed by atoms with Crippen LogP contribution >= 0.6 is 0 Å². The van der Waals surface area contributed by atoms with Crippen LogP contribution in [0.2, 0.25) is 0 Å². The minimum atomic E-state index is 0.804. The van der Waals surface area contributed by atoms with E-state index < -0.39 is 0 Å². The van der Waals surface area contributed by atoms with E-state index >= 15 is 0 Å². The van der Waals surface area contributed by atoms with Gasteiger partial charge in [0.25, 0.3) is 0 Å². The third-order valence-electron chi connectivity index (χ3n) is 4.39. The maximum absolute atomic E-state index is 5.83. The maximum Gasteiger partial charge on any atom is 0.123 e. The van der Waals surface area contributed by atoms with E-state index in [1.54, 1.807) is 0 Å². The Bertz CT molecular complexity index is 402. The molecule has 1 unspecified atom stereocenters. The number of nitrogens with zero attached hydrogens (tertiary/aromatic N) is 1. The summed E-state index contributed by atoms with van der Waals surface area (Å²) in [6.45, 7) is 7.12. The number of ether oxygens (including phenoxy) is 1. The van der Waals surface area contributed by atoms with E-state index in [2.05, 4.69) is 36.1 Å². The lowest BCUT2D eigenvalue weighted by atomic mass is 9.94. The van der Waals surface area contributed by atoms with E-state index in [1.807, 2.05) is 0 Å². The third kappa shape index (κ3) is 5.33. The van der Waals surface area contributed by atoms with Crippen molar-refractivity contribution in [3.63, 3.8) is 0 Å². The fourth-order valence-electron chi connectivity index (χ4n) is 3.25. The van der Waals surface area contributed by atoms with Crippen LogP contribution in [0.4, 0.5) is 0 Å². The molecule has 0 bridgehead atoms. The Morgan fingerprint density at radius 1 is 1.24 bits per heavy atom. The van der Waals surface area contributed by atoms with Gasteiger partial charge in [-0.1, -0.05) is 38.0 Å². The molecule has 2 N–H and O–H groups in total. The molecule has 0 radical (unpaired) electrons. The standard InChI is InChI=1S/C18H30N2O/c1-2-6-16(10-11-19)7-5-12-20-13-14-21-18-9-4-3-8-17(18)15-20/h3-4,8-9,16H,2,5-7,10-15,19H2,1H3. The highest BCUT2D eigenvalue weighted by Crippen LogP contribution is 2.23. The van der Waals surface area contributed by atoms with E-state index in [9.17, 15) is 0 Å². The van der Waals surface area contributed by atoms with Gasteiger partial charge in [-0.3, -0.25) is 4.90 Å². The van der Waals surface area contributed by atoms with Gasteiger partial charge in [-0.15, -0.1) is 0 Å². The lowest BCUT2D eigenvalue weighted by Gasteiger charge is -2.21. The second-order valence-corrected chi connectivity index (χ2v) is 6.11. The molecule has 3 nitrogen and oxygen atoms in total. The number of nitrogens with two attached hydrogens (primary N) is 1. The number of fused-ring (bicyclic) bond motifs is 1. The molecule has 1 atom stereocenters. The first kappa shape index (κ1) is 16.3. The topological polar surface area (TPSA) is 38.5 Å². The SMILES string of the molecule is CCCC(CCN)CCCN1CCOc2ccccc2C1. The van der Waals surface area contributed by atoms with Crippen LogP contribution in [0.5, 0.6) is 5.75 Å². The second kappa shape index (κ2) is 9.06. The van der Waals surface area contributed by atoms with Crippen LogP contribution in [0.15, 0.2) is 24.3 Å². The van der Waals surface area contributed by atoms with Crippen LogP contribution in [0.3, 0.4) is 0 Å². The first-order valence-corrected chi connectivity index (χ1v) is 8.46. The van der Waals surface area contributed by atoms with E-state index in [0.29, 0.717) is 0 Å². The van der Waals surface area contributed by atoms with Gasteiger partial charge >= 0.3 is 0 Å². The lowest BCUT2D eigenvalue weighted by Crippen LogP contribution is -2.27. The molecule has 1 aromatic rings. The number of hydrogen-bond acceptors (Lipinski definition) is 3. The predicted octanol–water partition coefficient (Wildman–Crippen LogP) is 3.43. The zero-order valence-corrected chi connectivity index (χ0v) is 13.4. The molecule has 1 aliphatic rings. The normalized spacial score (nSPS) is 16.9. The molecule has 0 spiro atoms. The number of para-hydroxylation sites is 1. The highest BCUT2D eigenvalue weighted by molar-refractivity contribution is 5.33. The van der Waals surface area contributed by atoms with Crippen LogP contribution < -0.4 is 10.5 Å². The Morgan fingerprint density at radius 2 is 2.10 bits per heavy atom. The predicted molar refractivity (Wildman–Crippen MR) is 88.5 cm³/mol. The van der Waals surface area contributed by atoms with Crippen molar-refractivity contribution in [1.29, 1.82) is 0 Å². The summed E-state index contributed by atoms with van der Waals surface area (Å²) in [5.41, 5.74) is 7.04. The zero-order chi connectivity index (χ0) is 14.9. The van der Waals surface area contributed by atoms with E-state index in [0.717, 1.165) is 37.9 Å². The largest absolute Gasteiger partial charge is 0.492 e. The lowest BCUT2D eigenvalue weighted by molar-refractivity contribution is 0.217. The fourth-order valence-corrected chi connectivity index (χ4v) is 3.25. The monoisotopic (exact) mass is 290 g/mol. The summed E-state index contributed by atoms with van der Waals surface area (Å²) in [5.74, 6) is 1.88. The molecular weight excluding hydrogens is 260 g/mol. The van der Waals surface area contributed by atoms with Crippen LogP contribution in [0, 0.1) is 5.92 Å². The molecule has 21 heavy (non-hydrogen) atoms. The Labute approximate surface area is 129 Å². The van der Waals surface area contributed by atoms with Crippen molar-refractivity contribution in [2.45, 2.75) is 45.6 Å². The smallest absolute Gasteiger partial charge is 0.123 e. The van der Waals surface area contributed by atoms with Gasteiger partial charge in [0, 0.05) is 18.7 Å². The van der Waals surface area contributed by atoms with Crippen molar-refractivity contribution in [2.24, 2.45) is 11.7 Å². The molecule has 1 heterocycles. The molecule has 2 rings (SSSR count). The van der Waals surface area contributed by atoms with E-state index in [1.165, 1.54) is 44.2 Å². The molecule has 0 saturated carbocycles. The summed E-state index contributed by atoms with van der Waals surface area (Å²) in [4.78, 5) is 2.53. The average molecular weight is 290 g/mol. The van der Waals surface area contributed by atoms with Crippen LogP contribution in [0.25, 0.3) is 0 Å². The van der Waals surface area contributed by atoms with E-state index in [-0.39, 0.29) is 0 Å². The van der Waals surface area contributed by atoms with Gasteiger partial charge in [0.1, 0.15) is 12.4 Å². The number of hydrogen-bond donors (Lipinski definition) is 1. The van der Waals surface area contributed by atoms with Crippen molar-refractivity contribution in [3.8, 4) is 5.75 Å². The van der Waals surface area contributed by atoms with Crippen molar-refractivity contribution >= 4 is 0 Å². The summed E-state index contributed by atoms with van der Waals surface area (Å²) < 4.78 is 5.83. The highest BCUT2D eigenvalue weighted by Gasteiger charge is 2.15. The summed E-state index contributed by atoms with van der Waals surface area (Å²) >= 11 is 0.